The van der Waals surface area contributed by atoms with Crippen molar-refractivity contribution in [2.45, 2.75) is 49.8 Å². The summed E-state index contributed by atoms with van der Waals surface area (Å²) in [6.07, 6.45) is 1.69. The van der Waals surface area contributed by atoms with Crippen LogP contribution in [0.3, 0.4) is 0 Å². The molecule has 2 atom stereocenters. The van der Waals surface area contributed by atoms with Gasteiger partial charge in [0.25, 0.3) is 0 Å². The molecule has 1 heterocycles. The van der Waals surface area contributed by atoms with Crippen molar-refractivity contribution in [2.75, 3.05) is 0 Å². The van der Waals surface area contributed by atoms with Crippen molar-refractivity contribution in [3.05, 3.63) is 111 Å². The molecule has 3 aromatic carbocycles. The highest BCUT2D eigenvalue weighted by molar-refractivity contribution is 7.89. The summed E-state index contributed by atoms with van der Waals surface area (Å²) < 4.78 is 63.4. The molecule has 3 aromatic rings. The summed E-state index contributed by atoms with van der Waals surface area (Å²) >= 11 is 12.4. The minimum atomic E-state index is -4.40. The molecule has 0 unspecified atom stereocenters. The van der Waals surface area contributed by atoms with Crippen LogP contribution in [-0.4, -0.2) is 24.3 Å². The summed E-state index contributed by atoms with van der Waals surface area (Å²) in [7, 11) is -4.40. The summed E-state index contributed by atoms with van der Waals surface area (Å²) in [4.78, 5) is 13.2. The first-order valence-electron chi connectivity index (χ1n) is 11.7. The van der Waals surface area contributed by atoms with Gasteiger partial charge >= 0.3 is 5.97 Å². The van der Waals surface area contributed by atoms with Crippen LogP contribution in [0.2, 0.25) is 10.0 Å². The second kappa shape index (κ2) is 10.8. The minimum absolute atomic E-state index is 0.0347. The van der Waals surface area contributed by atoms with Crippen molar-refractivity contribution in [3.8, 4) is 0 Å². The molecule has 0 aliphatic carbocycles. The molecule has 200 valence electrons. The monoisotopic (exact) mass is 579 g/mol. The Morgan fingerprint density at radius 3 is 2.21 bits per heavy atom. The van der Waals surface area contributed by atoms with E-state index < -0.39 is 45.3 Å². The third-order valence-corrected chi connectivity index (χ3v) is 8.56. The number of hydrogen-bond acceptors (Lipinski definition) is 4. The summed E-state index contributed by atoms with van der Waals surface area (Å²) in [6, 6.07) is 12.3. The molecule has 10 heteroatoms. The predicted molar refractivity (Wildman–Crippen MR) is 142 cm³/mol. The second-order valence-corrected chi connectivity index (χ2v) is 12.5. The fourth-order valence-electron chi connectivity index (χ4n) is 4.34. The highest BCUT2D eigenvalue weighted by atomic mass is 35.5. The third kappa shape index (κ3) is 5.94. The number of esters is 1. The second-order valence-electron chi connectivity index (χ2n) is 9.83. The van der Waals surface area contributed by atoms with E-state index in [-0.39, 0.29) is 32.5 Å². The van der Waals surface area contributed by atoms with E-state index in [1.165, 1.54) is 24.3 Å². The molecular formula is C28H25Cl2F2NO4S. The zero-order chi connectivity index (χ0) is 27.8. The zero-order valence-electron chi connectivity index (χ0n) is 20.8. The first-order chi connectivity index (χ1) is 17.8. The molecule has 0 radical (unpaired) electrons. The van der Waals surface area contributed by atoms with Gasteiger partial charge in [-0.2, -0.15) is 4.31 Å². The van der Waals surface area contributed by atoms with Gasteiger partial charge in [0.1, 0.15) is 17.2 Å². The predicted octanol–water partition coefficient (Wildman–Crippen LogP) is 7.42. The maximum Gasteiger partial charge on any atom is 0.336 e. The maximum atomic E-state index is 14.5. The molecular weight excluding hydrogens is 555 g/mol. The lowest BCUT2D eigenvalue weighted by molar-refractivity contribution is -0.150. The first-order valence-corrected chi connectivity index (χ1v) is 13.9. The van der Waals surface area contributed by atoms with E-state index >= 15 is 0 Å². The molecule has 0 aromatic heterocycles. The highest BCUT2D eigenvalue weighted by Gasteiger charge is 2.45. The van der Waals surface area contributed by atoms with Crippen LogP contribution in [0.5, 0.6) is 0 Å². The van der Waals surface area contributed by atoms with Gasteiger partial charge in [-0.25, -0.2) is 22.0 Å². The van der Waals surface area contributed by atoms with Crippen LogP contribution < -0.4 is 0 Å². The maximum absolute atomic E-state index is 14.5. The highest BCUT2D eigenvalue weighted by Crippen LogP contribution is 2.47. The van der Waals surface area contributed by atoms with Crippen LogP contribution in [0.15, 0.2) is 83.3 Å². The SMILES string of the molecule is CC(C)(C)OC(=O)C1=CC[C@@H](c2ccc(Cl)c(Cl)c2)N(S(=O)(=O)c2ccc(F)cc2)[C@H]1c1cccc(F)c1. The van der Waals surface area contributed by atoms with Crippen LogP contribution in [0.25, 0.3) is 0 Å². The van der Waals surface area contributed by atoms with Crippen molar-refractivity contribution in [3.63, 3.8) is 0 Å². The van der Waals surface area contributed by atoms with E-state index in [1.807, 2.05) is 0 Å². The Hall–Kier alpha value is -2.78. The molecule has 4 rings (SSSR count). The molecule has 5 nitrogen and oxygen atoms in total. The molecule has 1 aliphatic rings. The average Bonchev–Trinajstić information content (AvgIpc) is 2.84. The molecule has 0 amide bonds. The minimum Gasteiger partial charge on any atom is -0.457 e. The summed E-state index contributed by atoms with van der Waals surface area (Å²) in [6.45, 7) is 5.07. The van der Waals surface area contributed by atoms with Gasteiger partial charge in [0.05, 0.1) is 32.6 Å². The van der Waals surface area contributed by atoms with Gasteiger partial charge in [0.2, 0.25) is 10.0 Å². The number of halogens is 4. The van der Waals surface area contributed by atoms with E-state index in [0.717, 1.165) is 28.6 Å². The van der Waals surface area contributed by atoms with E-state index in [4.69, 9.17) is 27.9 Å². The molecule has 0 spiro atoms. The topological polar surface area (TPSA) is 63.7 Å². The van der Waals surface area contributed by atoms with Crippen LogP contribution in [-0.2, 0) is 19.6 Å². The Balaban J connectivity index is 1.99. The van der Waals surface area contributed by atoms with E-state index in [9.17, 15) is 22.0 Å². The standard InChI is InChI=1S/C28H25Cl2F2NO4S/c1-28(2,3)37-27(34)22-12-14-25(17-7-13-23(29)24(30)16-17)33(26(22)18-5-4-6-20(32)15-18)38(35,36)21-10-8-19(31)9-11-21/h4-13,15-16,25-26H,14H2,1-3H3/t25-,26-/m0/s1. The molecule has 38 heavy (non-hydrogen) atoms. The lowest BCUT2D eigenvalue weighted by atomic mass is 9.89. The fraction of sp³-hybridized carbons (Fsp3) is 0.250. The summed E-state index contributed by atoms with van der Waals surface area (Å²) in [5.41, 5.74) is -0.109. The molecule has 0 N–H and O–H groups in total. The van der Waals surface area contributed by atoms with Crippen molar-refractivity contribution in [1.82, 2.24) is 4.31 Å². The number of ether oxygens (including phenoxy) is 1. The number of carbonyl (C=O) groups is 1. The van der Waals surface area contributed by atoms with Crippen LogP contribution in [0.4, 0.5) is 8.78 Å². The fourth-order valence-corrected chi connectivity index (χ4v) is 6.43. The van der Waals surface area contributed by atoms with E-state index in [2.05, 4.69) is 0 Å². The van der Waals surface area contributed by atoms with Gasteiger partial charge in [-0.05, 0) is 86.8 Å². The van der Waals surface area contributed by atoms with Crippen LogP contribution in [0, 0.1) is 11.6 Å². The Morgan fingerprint density at radius 2 is 1.61 bits per heavy atom. The smallest absolute Gasteiger partial charge is 0.336 e. The molecule has 0 saturated carbocycles. The van der Waals surface area contributed by atoms with Gasteiger partial charge in [-0.3, -0.25) is 0 Å². The third-order valence-electron chi connectivity index (χ3n) is 5.93. The van der Waals surface area contributed by atoms with Crippen LogP contribution >= 0.6 is 23.2 Å². The normalized spacial score (nSPS) is 18.7. The van der Waals surface area contributed by atoms with Gasteiger partial charge in [0, 0.05) is 0 Å². The molecule has 0 saturated heterocycles. The quantitative estimate of drug-likeness (QED) is 0.295. The summed E-state index contributed by atoms with van der Waals surface area (Å²) in [5.74, 6) is -1.96. The number of hydrogen-bond donors (Lipinski definition) is 0. The lowest BCUT2D eigenvalue weighted by Gasteiger charge is -2.41. The Kier molecular flexibility index (Phi) is 8.00. The first kappa shape index (κ1) is 28.2. The zero-order valence-corrected chi connectivity index (χ0v) is 23.1. The number of benzene rings is 3. The van der Waals surface area contributed by atoms with Crippen LogP contribution in [0.1, 0.15) is 50.4 Å². The van der Waals surface area contributed by atoms with Gasteiger partial charge < -0.3 is 4.74 Å². The van der Waals surface area contributed by atoms with Crippen molar-refractivity contribution in [2.24, 2.45) is 0 Å². The Bertz CT molecular complexity index is 1500. The molecule has 0 bridgehead atoms. The van der Waals surface area contributed by atoms with Crippen molar-refractivity contribution < 1.29 is 26.7 Å². The Morgan fingerprint density at radius 1 is 0.921 bits per heavy atom. The van der Waals surface area contributed by atoms with E-state index in [0.29, 0.717) is 5.56 Å². The van der Waals surface area contributed by atoms with Gasteiger partial charge in [-0.15, -0.1) is 0 Å². The summed E-state index contributed by atoms with van der Waals surface area (Å²) in [5, 5.41) is 0.498. The number of rotatable bonds is 5. The van der Waals surface area contributed by atoms with Crippen molar-refractivity contribution >= 4 is 39.2 Å². The number of nitrogens with zero attached hydrogens (tertiary/aromatic N) is 1. The van der Waals surface area contributed by atoms with E-state index in [1.54, 1.807) is 45.0 Å². The van der Waals surface area contributed by atoms with Crippen molar-refractivity contribution in [1.29, 1.82) is 0 Å². The van der Waals surface area contributed by atoms with Gasteiger partial charge in [-0.1, -0.05) is 47.5 Å². The average molecular weight is 580 g/mol. The molecule has 0 fully saturated rings. The Labute approximate surface area is 230 Å². The lowest BCUT2D eigenvalue weighted by Crippen LogP contribution is -2.43. The largest absolute Gasteiger partial charge is 0.457 e. The number of carbonyl (C=O) groups excluding carboxylic acids is 1. The number of sulfonamides is 1. The van der Waals surface area contributed by atoms with Gasteiger partial charge in [0.15, 0.2) is 0 Å². The molecule has 1 aliphatic heterocycles.